The van der Waals surface area contributed by atoms with Crippen molar-refractivity contribution in [3.05, 3.63) is 64.7 Å². The van der Waals surface area contributed by atoms with Crippen LogP contribution in [0.2, 0.25) is 0 Å². The van der Waals surface area contributed by atoms with Crippen LogP contribution in [0.15, 0.2) is 42.5 Å². The highest BCUT2D eigenvalue weighted by molar-refractivity contribution is 5.95. The van der Waals surface area contributed by atoms with Crippen LogP contribution in [0.1, 0.15) is 65.7 Å². The summed E-state index contributed by atoms with van der Waals surface area (Å²) < 4.78 is 0. The second-order valence-corrected chi connectivity index (χ2v) is 7.88. The van der Waals surface area contributed by atoms with E-state index in [0.717, 1.165) is 31.2 Å². The molecule has 1 fully saturated rings. The van der Waals surface area contributed by atoms with Gasteiger partial charge in [0.2, 0.25) is 0 Å². The van der Waals surface area contributed by atoms with Gasteiger partial charge in [-0.25, -0.2) is 4.79 Å². The van der Waals surface area contributed by atoms with E-state index in [9.17, 15) is 9.59 Å². The second-order valence-electron chi connectivity index (χ2n) is 7.88. The third kappa shape index (κ3) is 4.53. The Hall–Kier alpha value is -2.82. The van der Waals surface area contributed by atoms with Gasteiger partial charge in [-0.1, -0.05) is 18.2 Å². The van der Waals surface area contributed by atoms with Crippen molar-refractivity contribution in [2.45, 2.75) is 57.5 Å². The number of rotatable bonds is 5. The predicted octanol–water partition coefficient (Wildman–Crippen LogP) is 4.34. The van der Waals surface area contributed by atoms with E-state index < -0.39 is 0 Å². The van der Waals surface area contributed by atoms with Crippen LogP contribution >= 0.6 is 0 Å². The first-order valence-electron chi connectivity index (χ1n) is 10.2. The average molecular weight is 377 g/mol. The number of nitrogens with one attached hydrogen (secondary N) is 3. The molecule has 0 bridgehead atoms. The number of hydrogen-bond donors (Lipinski definition) is 3. The summed E-state index contributed by atoms with van der Waals surface area (Å²) in [6.07, 6.45) is 6.91. The lowest BCUT2D eigenvalue weighted by atomic mass is 9.89. The fourth-order valence-corrected chi connectivity index (χ4v) is 3.67. The zero-order valence-electron chi connectivity index (χ0n) is 16.3. The van der Waals surface area contributed by atoms with Crippen LogP contribution in [0.5, 0.6) is 0 Å². The largest absolute Gasteiger partial charge is 0.346 e. The quantitative estimate of drug-likeness (QED) is 0.725. The monoisotopic (exact) mass is 377 g/mol. The van der Waals surface area contributed by atoms with Crippen LogP contribution in [0.25, 0.3) is 0 Å². The van der Waals surface area contributed by atoms with Gasteiger partial charge in [-0.15, -0.1) is 0 Å². The number of carbonyl (C=O) groups is 2. The molecule has 3 N–H and O–H groups in total. The van der Waals surface area contributed by atoms with E-state index >= 15 is 0 Å². The molecule has 5 heteroatoms. The topological polar surface area (TPSA) is 70.2 Å². The number of hydrogen-bond acceptors (Lipinski definition) is 2. The molecule has 2 aliphatic rings. The molecule has 28 heavy (non-hydrogen) atoms. The zero-order valence-corrected chi connectivity index (χ0v) is 16.3. The molecule has 0 heterocycles. The number of amides is 3. The van der Waals surface area contributed by atoms with Crippen molar-refractivity contribution in [2.24, 2.45) is 0 Å². The number of benzene rings is 2. The molecule has 3 amide bonds. The summed E-state index contributed by atoms with van der Waals surface area (Å²) in [6.45, 7) is 2.01. The van der Waals surface area contributed by atoms with Crippen molar-refractivity contribution < 1.29 is 9.59 Å². The van der Waals surface area contributed by atoms with Gasteiger partial charge in [0, 0.05) is 17.3 Å². The van der Waals surface area contributed by atoms with E-state index in [1.165, 1.54) is 24.0 Å². The Kier molecular flexibility index (Phi) is 5.33. The molecule has 1 unspecified atom stereocenters. The van der Waals surface area contributed by atoms with Crippen molar-refractivity contribution in [2.75, 3.05) is 5.32 Å². The van der Waals surface area contributed by atoms with Gasteiger partial charge in [-0.05, 0) is 86.4 Å². The van der Waals surface area contributed by atoms with E-state index in [-0.39, 0.29) is 18.0 Å². The molecule has 0 aromatic heterocycles. The minimum Gasteiger partial charge on any atom is -0.346 e. The summed E-state index contributed by atoms with van der Waals surface area (Å²) in [5.41, 5.74) is 5.27. The number of urea groups is 1. The number of anilines is 1. The maximum Gasteiger partial charge on any atom is 0.319 e. The Bertz CT molecular complexity index is 872. The zero-order chi connectivity index (χ0) is 19.5. The summed E-state index contributed by atoms with van der Waals surface area (Å²) >= 11 is 0. The van der Waals surface area contributed by atoms with Crippen LogP contribution in [0, 0.1) is 0 Å². The standard InChI is InChI=1S/C23H27N3O2/c1-15(18-7-6-16-4-2-3-5-19(16)14-18)24-22(27)17-8-10-20(11-9-17)25-23(28)26-21-12-13-21/h6-11,14-15,21H,2-5,12-13H2,1H3,(H,24,27)(H2,25,26,28). The van der Waals surface area contributed by atoms with Crippen LogP contribution in [0.4, 0.5) is 10.5 Å². The van der Waals surface area contributed by atoms with Crippen molar-refractivity contribution in [1.29, 1.82) is 0 Å². The van der Waals surface area contributed by atoms with E-state index in [1.54, 1.807) is 24.3 Å². The van der Waals surface area contributed by atoms with Crippen molar-refractivity contribution in [3.8, 4) is 0 Å². The maximum atomic E-state index is 12.6. The lowest BCUT2D eigenvalue weighted by Crippen LogP contribution is -2.30. The van der Waals surface area contributed by atoms with Crippen molar-refractivity contribution in [3.63, 3.8) is 0 Å². The molecule has 1 atom stereocenters. The van der Waals surface area contributed by atoms with Gasteiger partial charge in [-0.2, -0.15) is 0 Å². The van der Waals surface area contributed by atoms with Crippen molar-refractivity contribution in [1.82, 2.24) is 10.6 Å². The molecule has 0 spiro atoms. The predicted molar refractivity (Wildman–Crippen MR) is 111 cm³/mol. The Morgan fingerprint density at radius 1 is 0.964 bits per heavy atom. The normalized spacial score (nSPS) is 16.6. The molecule has 146 valence electrons. The Morgan fingerprint density at radius 2 is 1.68 bits per heavy atom. The lowest BCUT2D eigenvalue weighted by molar-refractivity contribution is 0.0940. The molecule has 2 aliphatic carbocycles. The van der Waals surface area contributed by atoms with Gasteiger partial charge < -0.3 is 16.0 Å². The molecule has 0 aliphatic heterocycles. The third-order valence-electron chi connectivity index (χ3n) is 5.54. The Labute approximate surface area is 165 Å². The third-order valence-corrected chi connectivity index (χ3v) is 5.54. The first kappa shape index (κ1) is 18.5. The highest BCUT2D eigenvalue weighted by Gasteiger charge is 2.23. The van der Waals surface area contributed by atoms with Gasteiger partial charge in [0.25, 0.3) is 5.91 Å². The minimum absolute atomic E-state index is 0.0538. The molecule has 5 nitrogen and oxygen atoms in total. The first-order valence-corrected chi connectivity index (χ1v) is 10.2. The number of carbonyl (C=O) groups excluding carboxylic acids is 2. The fourth-order valence-electron chi connectivity index (χ4n) is 3.67. The van der Waals surface area contributed by atoms with Crippen molar-refractivity contribution >= 4 is 17.6 Å². The maximum absolute atomic E-state index is 12.6. The van der Waals surface area contributed by atoms with Gasteiger partial charge in [0.05, 0.1) is 6.04 Å². The Morgan fingerprint density at radius 3 is 2.39 bits per heavy atom. The smallest absolute Gasteiger partial charge is 0.319 e. The van der Waals surface area contributed by atoms with E-state index in [1.807, 2.05) is 6.92 Å². The van der Waals surface area contributed by atoms with Crippen LogP contribution in [0.3, 0.4) is 0 Å². The molecule has 0 saturated heterocycles. The number of aryl methyl sites for hydroxylation is 2. The molecule has 4 rings (SSSR count). The highest BCUT2D eigenvalue weighted by Crippen LogP contribution is 2.25. The molecule has 2 aromatic rings. The molecule has 0 radical (unpaired) electrons. The van der Waals surface area contributed by atoms with E-state index in [4.69, 9.17) is 0 Å². The van der Waals surface area contributed by atoms with Gasteiger partial charge in [-0.3, -0.25) is 4.79 Å². The SMILES string of the molecule is CC(NC(=O)c1ccc(NC(=O)NC2CC2)cc1)c1ccc2c(c1)CCCC2. The molecular weight excluding hydrogens is 350 g/mol. The summed E-state index contributed by atoms with van der Waals surface area (Å²) in [5.74, 6) is -0.112. The summed E-state index contributed by atoms with van der Waals surface area (Å²) in [5, 5.41) is 8.74. The second kappa shape index (κ2) is 8.05. The van der Waals surface area contributed by atoms with Crippen LogP contribution in [-0.2, 0) is 12.8 Å². The highest BCUT2D eigenvalue weighted by atomic mass is 16.2. The average Bonchev–Trinajstić information content (AvgIpc) is 3.51. The fraction of sp³-hybridized carbons (Fsp3) is 0.391. The van der Waals surface area contributed by atoms with Crippen LogP contribution < -0.4 is 16.0 Å². The minimum atomic E-state index is -0.194. The van der Waals surface area contributed by atoms with E-state index in [2.05, 4.69) is 34.1 Å². The van der Waals surface area contributed by atoms with Gasteiger partial charge in [0.15, 0.2) is 0 Å². The first-order chi connectivity index (χ1) is 13.6. The molecule has 1 saturated carbocycles. The summed E-state index contributed by atoms with van der Waals surface area (Å²) in [6, 6.07) is 13.6. The number of fused-ring (bicyclic) bond motifs is 1. The molecule has 2 aromatic carbocycles. The van der Waals surface area contributed by atoms with Gasteiger partial charge in [0.1, 0.15) is 0 Å². The molecular formula is C23H27N3O2. The summed E-state index contributed by atoms with van der Waals surface area (Å²) in [7, 11) is 0. The Balaban J connectivity index is 1.35. The lowest BCUT2D eigenvalue weighted by Gasteiger charge is -2.20. The van der Waals surface area contributed by atoms with Crippen LogP contribution in [-0.4, -0.2) is 18.0 Å². The van der Waals surface area contributed by atoms with E-state index in [0.29, 0.717) is 17.3 Å². The van der Waals surface area contributed by atoms with Gasteiger partial charge >= 0.3 is 6.03 Å². The summed E-state index contributed by atoms with van der Waals surface area (Å²) in [4.78, 5) is 24.4.